The van der Waals surface area contributed by atoms with Gasteiger partial charge in [-0.25, -0.2) is 0 Å². The molecule has 0 amide bonds. The van der Waals surface area contributed by atoms with Gasteiger partial charge < -0.3 is 0 Å². The summed E-state index contributed by atoms with van der Waals surface area (Å²) in [7, 11) is 0. The van der Waals surface area contributed by atoms with E-state index in [0.717, 1.165) is 6.42 Å². The molecule has 0 bridgehead atoms. The van der Waals surface area contributed by atoms with E-state index in [0.29, 0.717) is 0 Å². The third-order valence-electron chi connectivity index (χ3n) is 1.57. The molecule has 0 fully saturated rings. The van der Waals surface area contributed by atoms with Gasteiger partial charge in [-0.15, -0.1) is 11.3 Å². The second kappa shape index (κ2) is 1.71. The number of aryl methyl sites for hydroxylation is 1. The van der Waals surface area contributed by atoms with Crippen molar-refractivity contribution in [3.63, 3.8) is 0 Å². The molecule has 0 saturated carbocycles. The van der Waals surface area contributed by atoms with Crippen molar-refractivity contribution in [2.24, 2.45) is 0 Å². The second-order valence-corrected chi connectivity index (χ2v) is 3.64. The van der Waals surface area contributed by atoms with Gasteiger partial charge in [-0.2, -0.15) is 0 Å². The Morgan fingerprint density at radius 1 is 1.56 bits per heavy atom. The zero-order valence-electron chi connectivity index (χ0n) is 5.35. The average molecular weight is 136 g/mol. The molecule has 46 valence electrons. The van der Waals surface area contributed by atoms with Crippen molar-refractivity contribution in [2.45, 2.75) is 13.3 Å². The van der Waals surface area contributed by atoms with E-state index in [-0.39, 0.29) is 0 Å². The van der Waals surface area contributed by atoms with E-state index in [1.165, 1.54) is 15.3 Å². The average Bonchev–Trinajstić information content (AvgIpc) is 2.22. The van der Waals surface area contributed by atoms with E-state index in [1.54, 1.807) is 0 Å². The minimum absolute atomic E-state index is 1.15. The number of rotatable bonds is 0. The van der Waals surface area contributed by atoms with Crippen molar-refractivity contribution in [2.75, 3.05) is 0 Å². The molecule has 1 aliphatic carbocycles. The first-order valence-electron chi connectivity index (χ1n) is 3.12. The Hall–Kier alpha value is -0.560. The molecule has 9 heavy (non-hydrogen) atoms. The maximum absolute atomic E-state index is 2.28. The van der Waals surface area contributed by atoms with Crippen LogP contribution in [0.4, 0.5) is 0 Å². The van der Waals surface area contributed by atoms with Crippen molar-refractivity contribution in [1.82, 2.24) is 0 Å². The van der Waals surface area contributed by atoms with Crippen LogP contribution in [0, 0.1) is 6.92 Å². The molecule has 0 atom stereocenters. The summed E-state index contributed by atoms with van der Waals surface area (Å²) in [6, 6.07) is 2.28. The van der Waals surface area contributed by atoms with Crippen LogP contribution < -0.4 is 0 Å². The first-order valence-corrected chi connectivity index (χ1v) is 3.94. The van der Waals surface area contributed by atoms with Gasteiger partial charge in [-0.05, 0) is 31.1 Å². The summed E-state index contributed by atoms with van der Waals surface area (Å²) in [4.78, 5) is 2.90. The van der Waals surface area contributed by atoms with E-state index in [9.17, 15) is 0 Å². The molecular formula is C8H8S. The van der Waals surface area contributed by atoms with Crippen LogP contribution in [0.3, 0.4) is 0 Å². The summed E-state index contributed by atoms with van der Waals surface area (Å²) in [5.41, 5.74) is 1.51. The normalized spacial score (nSPS) is 14.3. The molecule has 1 heteroatoms. The number of thiophene rings is 1. The highest BCUT2D eigenvalue weighted by atomic mass is 32.1. The molecule has 0 N–H and O–H groups in total. The smallest absolute Gasteiger partial charge is 0.0305 e. The molecule has 1 heterocycles. The molecule has 1 aliphatic rings. The van der Waals surface area contributed by atoms with Crippen LogP contribution >= 0.6 is 11.3 Å². The Balaban J connectivity index is 2.61. The van der Waals surface area contributed by atoms with Crippen molar-refractivity contribution in [3.05, 3.63) is 27.5 Å². The number of allylic oxidation sites excluding steroid dienone is 1. The topological polar surface area (TPSA) is 0 Å². The fraction of sp³-hybridized carbons (Fsp3) is 0.250. The molecule has 1 aromatic heterocycles. The maximum Gasteiger partial charge on any atom is 0.0305 e. The fourth-order valence-corrected chi connectivity index (χ4v) is 2.16. The molecule has 0 saturated heterocycles. The van der Waals surface area contributed by atoms with Gasteiger partial charge in [0.05, 0.1) is 0 Å². The summed E-state index contributed by atoms with van der Waals surface area (Å²) in [5, 5.41) is 0. The molecule has 0 spiro atoms. The first kappa shape index (κ1) is 5.24. The van der Waals surface area contributed by atoms with Gasteiger partial charge in [-0.3, -0.25) is 0 Å². The Morgan fingerprint density at radius 3 is 3.22 bits per heavy atom. The molecule has 1 aromatic rings. The largest absolute Gasteiger partial charge is 0.141 e. The SMILES string of the molecule is Cc1cc2c(s1)C=CC2. The van der Waals surface area contributed by atoms with Gasteiger partial charge >= 0.3 is 0 Å². The highest BCUT2D eigenvalue weighted by molar-refractivity contribution is 7.13. The minimum atomic E-state index is 1.15. The quantitative estimate of drug-likeness (QED) is 0.514. The summed E-state index contributed by atoms with van der Waals surface area (Å²) in [6.45, 7) is 2.16. The Morgan fingerprint density at radius 2 is 2.44 bits per heavy atom. The number of hydrogen-bond donors (Lipinski definition) is 0. The molecular weight excluding hydrogens is 128 g/mol. The van der Waals surface area contributed by atoms with Gasteiger partial charge in [0.25, 0.3) is 0 Å². The highest BCUT2D eigenvalue weighted by Gasteiger charge is 2.06. The van der Waals surface area contributed by atoms with E-state index >= 15 is 0 Å². The third-order valence-corrected chi connectivity index (χ3v) is 2.63. The molecule has 0 aromatic carbocycles. The summed E-state index contributed by atoms with van der Waals surface area (Å²) in [6.07, 6.45) is 5.59. The zero-order valence-corrected chi connectivity index (χ0v) is 6.16. The Labute approximate surface area is 58.8 Å². The lowest BCUT2D eigenvalue weighted by molar-refractivity contribution is 1.33. The predicted octanol–water partition coefficient (Wildman–Crippen LogP) is 2.63. The fourth-order valence-electron chi connectivity index (χ4n) is 1.18. The van der Waals surface area contributed by atoms with Crippen LogP contribution in [0.5, 0.6) is 0 Å². The Kier molecular flexibility index (Phi) is 0.995. The monoisotopic (exact) mass is 136 g/mol. The standard InChI is InChI=1S/C8H8S/c1-6-5-7-3-2-4-8(7)9-6/h2,4-5H,3H2,1H3. The zero-order chi connectivity index (χ0) is 6.27. The molecule has 2 rings (SSSR count). The predicted molar refractivity (Wildman–Crippen MR) is 41.8 cm³/mol. The van der Waals surface area contributed by atoms with E-state index in [1.807, 2.05) is 11.3 Å². The highest BCUT2D eigenvalue weighted by Crippen LogP contribution is 2.27. The summed E-state index contributed by atoms with van der Waals surface area (Å²) < 4.78 is 0. The number of fused-ring (bicyclic) bond motifs is 1. The maximum atomic E-state index is 2.28. The summed E-state index contributed by atoms with van der Waals surface area (Å²) >= 11 is 1.89. The lowest BCUT2D eigenvalue weighted by Crippen LogP contribution is -1.68. The molecule has 0 nitrogen and oxygen atoms in total. The lowest BCUT2D eigenvalue weighted by atomic mass is 10.2. The van der Waals surface area contributed by atoms with E-state index in [2.05, 4.69) is 25.1 Å². The van der Waals surface area contributed by atoms with Gasteiger partial charge in [0.2, 0.25) is 0 Å². The van der Waals surface area contributed by atoms with Crippen molar-refractivity contribution >= 4 is 17.4 Å². The van der Waals surface area contributed by atoms with Gasteiger partial charge in [0, 0.05) is 9.75 Å². The molecule has 0 radical (unpaired) electrons. The van der Waals surface area contributed by atoms with Crippen LogP contribution in [0.1, 0.15) is 15.3 Å². The van der Waals surface area contributed by atoms with Crippen LogP contribution in [-0.2, 0) is 6.42 Å². The second-order valence-electron chi connectivity index (χ2n) is 2.35. The molecule has 0 unspecified atom stereocenters. The minimum Gasteiger partial charge on any atom is -0.141 e. The van der Waals surface area contributed by atoms with E-state index < -0.39 is 0 Å². The van der Waals surface area contributed by atoms with Crippen molar-refractivity contribution in [1.29, 1.82) is 0 Å². The van der Waals surface area contributed by atoms with E-state index in [4.69, 9.17) is 0 Å². The Bertz CT molecular complexity index is 256. The van der Waals surface area contributed by atoms with Crippen LogP contribution in [-0.4, -0.2) is 0 Å². The van der Waals surface area contributed by atoms with Crippen molar-refractivity contribution in [3.8, 4) is 0 Å². The van der Waals surface area contributed by atoms with Crippen LogP contribution in [0.15, 0.2) is 12.1 Å². The van der Waals surface area contributed by atoms with Crippen LogP contribution in [0.25, 0.3) is 6.08 Å². The first-order chi connectivity index (χ1) is 4.36. The molecule has 0 aliphatic heterocycles. The van der Waals surface area contributed by atoms with Gasteiger partial charge in [0.1, 0.15) is 0 Å². The van der Waals surface area contributed by atoms with Crippen LogP contribution in [0.2, 0.25) is 0 Å². The van der Waals surface area contributed by atoms with Crippen molar-refractivity contribution < 1.29 is 0 Å². The van der Waals surface area contributed by atoms with Gasteiger partial charge in [0.15, 0.2) is 0 Å². The van der Waals surface area contributed by atoms with Gasteiger partial charge in [-0.1, -0.05) is 6.08 Å². The summed E-state index contributed by atoms with van der Waals surface area (Å²) in [5.74, 6) is 0. The number of hydrogen-bond acceptors (Lipinski definition) is 1. The lowest BCUT2D eigenvalue weighted by Gasteiger charge is -1.80. The third kappa shape index (κ3) is 0.724.